The van der Waals surface area contributed by atoms with Gasteiger partial charge in [0.2, 0.25) is 5.91 Å². The fourth-order valence-corrected chi connectivity index (χ4v) is 2.67. The summed E-state index contributed by atoms with van der Waals surface area (Å²) >= 11 is 0. The summed E-state index contributed by atoms with van der Waals surface area (Å²) in [4.78, 5) is 17.6. The minimum absolute atomic E-state index is 0. The summed E-state index contributed by atoms with van der Waals surface area (Å²) in [6.45, 7) is 3.63. The molecular weight excluding hydrogens is 441 g/mol. The SMILES string of the molecule is CCNC(=NCCc1cc(F)ccc1F)NC1CCC(=O)N(C)C1.I. The third-order valence-corrected chi connectivity index (χ3v) is 3.97. The van der Waals surface area contributed by atoms with Gasteiger partial charge in [0.05, 0.1) is 0 Å². The lowest BCUT2D eigenvalue weighted by Crippen LogP contribution is -2.51. The molecule has 2 N–H and O–H groups in total. The smallest absolute Gasteiger partial charge is 0.222 e. The number of nitrogens with zero attached hydrogens (tertiary/aromatic N) is 2. The molecule has 0 saturated carbocycles. The molecule has 0 spiro atoms. The highest BCUT2D eigenvalue weighted by Gasteiger charge is 2.23. The van der Waals surface area contributed by atoms with Crippen molar-refractivity contribution in [2.45, 2.75) is 32.2 Å². The second-order valence-electron chi connectivity index (χ2n) is 5.90. The van der Waals surface area contributed by atoms with Gasteiger partial charge in [-0.15, -0.1) is 24.0 Å². The zero-order valence-corrected chi connectivity index (χ0v) is 16.8. The summed E-state index contributed by atoms with van der Waals surface area (Å²) in [6.07, 6.45) is 1.59. The van der Waals surface area contributed by atoms with Gasteiger partial charge in [-0.05, 0) is 43.5 Å². The van der Waals surface area contributed by atoms with E-state index >= 15 is 0 Å². The molecule has 1 amide bonds. The Balaban J connectivity index is 0.00000312. The normalized spacial score (nSPS) is 17.9. The number of guanidine groups is 1. The quantitative estimate of drug-likeness (QED) is 0.398. The summed E-state index contributed by atoms with van der Waals surface area (Å²) in [5.74, 6) is -0.0917. The van der Waals surface area contributed by atoms with Crippen LogP contribution in [0.3, 0.4) is 0 Å². The molecule has 1 fully saturated rings. The van der Waals surface area contributed by atoms with Crippen LogP contribution in [0.25, 0.3) is 0 Å². The van der Waals surface area contributed by atoms with E-state index < -0.39 is 11.6 Å². The van der Waals surface area contributed by atoms with Crippen molar-refractivity contribution < 1.29 is 13.6 Å². The van der Waals surface area contributed by atoms with Crippen LogP contribution in [-0.4, -0.2) is 49.5 Å². The molecule has 140 valence electrons. The maximum absolute atomic E-state index is 13.6. The topological polar surface area (TPSA) is 56.7 Å². The van der Waals surface area contributed by atoms with Crippen LogP contribution in [0.5, 0.6) is 0 Å². The molecule has 1 aliphatic heterocycles. The number of hydrogen-bond donors (Lipinski definition) is 2. The fourth-order valence-electron chi connectivity index (χ4n) is 2.67. The lowest BCUT2D eigenvalue weighted by molar-refractivity contribution is -0.132. The van der Waals surface area contributed by atoms with Gasteiger partial charge in [0.1, 0.15) is 11.6 Å². The van der Waals surface area contributed by atoms with E-state index in [1.165, 1.54) is 6.07 Å². The number of halogens is 3. The minimum atomic E-state index is -0.449. The number of benzene rings is 1. The van der Waals surface area contributed by atoms with E-state index in [9.17, 15) is 13.6 Å². The largest absolute Gasteiger partial charge is 0.357 e. The number of likely N-dealkylation sites (tertiary alicyclic amines) is 1. The third kappa shape index (κ3) is 6.75. The first-order valence-corrected chi connectivity index (χ1v) is 8.22. The number of carbonyl (C=O) groups excluding carboxylic acids is 1. The maximum atomic E-state index is 13.6. The number of piperidine rings is 1. The Morgan fingerprint density at radius 1 is 1.40 bits per heavy atom. The number of rotatable bonds is 5. The first-order valence-electron chi connectivity index (χ1n) is 8.22. The van der Waals surface area contributed by atoms with Crippen molar-refractivity contribution in [2.24, 2.45) is 4.99 Å². The standard InChI is InChI=1S/C17H24F2N4O.HI/c1-3-20-17(22-14-5-7-16(24)23(2)11-14)21-9-8-12-10-13(18)4-6-15(12)19;/h4,6,10,14H,3,5,7-9,11H2,1-2H3,(H2,20,21,22);1H. The highest BCUT2D eigenvalue weighted by molar-refractivity contribution is 14.0. The van der Waals surface area contributed by atoms with E-state index in [-0.39, 0.29) is 35.9 Å². The molecule has 1 heterocycles. The van der Waals surface area contributed by atoms with Crippen molar-refractivity contribution >= 4 is 35.8 Å². The number of amides is 1. The van der Waals surface area contributed by atoms with Gasteiger partial charge in [-0.2, -0.15) is 0 Å². The van der Waals surface area contributed by atoms with E-state index in [0.717, 1.165) is 18.6 Å². The predicted octanol–water partition coefficient (Wildman–Crippen LogP) is 2.30. The Labute approximate surface area is 164 Å². The number of carbonyl (C=O) groups is 1. The molecule has 0 aliphatic carbocycles. The van der Waals surface area contributed by atoms with Gasteiger partial charge in [0, 0.05) is 39.1 Å². The van der Waals surface area contributed by atoms with Crippen molar-refractivity contribution in [3.8, 4) is 0 Å². The van der Waals surface area contributed by atoms with Crippen LogP contribution in [0.1, 0.15) is 25.3 Å². The van der Waals surface area contributed by atoms with Crippen molar-refractivity contribution in [3.63, 3.8) is 0 Å². The molecule has 1 saturated heterocycles. The fraction of sp³-hybridized carbons (Fsp3) is 0.529. The van der Waals surface area contributed by atoms with Crippen molar-refractivity contribution in [1.29, 1.82) is 0 Å². The van der Waals surface area contributed by atoms with E-state index in [0.29, 0.717) is 44.0 Å². The highest BCUT2D eigenvalue weighted by atomic mass is 127. The monoisotopic (exact) mass is 466 g/mol. The van der Waals surface area contributed by atoms with Crippen LogP contribution in [0.4, 0.5) is 8.78 Å². The Hall–Kier alpha value is -1.45. The summed E-state index contributed by atoms with van der Waals surface area (Å²) in [5, 5.41) is 6.43. The molecule has 8 heteroatoms. The van der Waals surface area contributed by atoms with Gasteiger partial charge in [-0.1, -0.05) is 0 Å². The average molecular weight is 466 g/mol. The number of likely N-dealkylation sites (N-methyl/N-ethyl adjacent to an activating group) is 1. The molecule has 1 atom stereocenters. The van der Waals surface area contributed by atoms with Gasteiger partial charge in [-0.25, -0.2) is 8.78 Å². The van der Waals surface area contributed by atoms with Gasteiger partial charge in [-0.3, -0.25) is 9.79 Å². The molecular formula is C17H25F2IN4O. The first kappa shape index (κ1) is 21.6. The second-order valence-corrected chi connectivity index (χ2v) is 5.90. The van der Waals surface area contributed by atoms with Crippen molar-refractivity contribution in [1.82, 2.24) is 15.5 Å². The lowest BCUT2D eigenvalue weighted by Gasteiger charge is -2.31. The van der Waals surface area contributed by atoms with Crippen molar-refractivity contribution in [3.05, 3.63) is 35.4 Å². The number of hydrogen-bond acceptors (Lipinski definition) is 2. The zero-order valence-electron chi connectivity index (χ0n) is 14.5. The summed E-state index contributed by atoms with van der Waals surface area (Å²) in [7, 11) is 1.78. The number of nitrogens with one attached hydrogen (secondary N) is 2. The Kier molecular flexibility index (Phi) is 9.09. The highest BCUT2D eigenvalue weighted by Crippen LogP contribution is 2.11. The van der Waals surface area contributed by atoms with E-state index in [4.69, 9.17) is 0 Å². The molecule has 25 heavy (non-hydrogen) atoms. The molecule has 1 aliphatic rings. The van der Waals surface area contributed by atoms with E-state index in [2.05, 4.69) is 15.6 Å². The van der Waals surface area contributed by atoms with Crippen LogP contribution in [0.15, 0.2) is 23.2 Å². The van der Waals surface area contributed by atoms with Crippen LogP contribution < -0.4 is 10.6 Å². The molecule has 5 nitrogen and oxygen atoms in total. The zero-order chi connectivity index (χ0) is 17.5. The van der Waals surface area contributed by atoms with Gasteiger partial charge in [0.25, 0.3) is 0 Å². The Bertz CT molecular complexity index is 612. The van der Waals surface area contributed by atoms with Crippen LogP contribution in [-0.2, 0) is 11.2 Å². The van der Waals surface area contributed by atoms with Gasteiger partial charge >= 0.3 is 0 Å². The molecule has 0 radical (unpaired) electrons. The van der Waals surface area contributed by atoms with E-state index in [1.54, 1.807) is 11.9 Å². The molecule has 1 aromatic rings. The van der Waals surface area contributed by atoms with Gasteiger partial charge in [0.15, 0.2) is 5.96 Å². The average Bonchev–Trinajstić information content (AvgIpc) is 2.54. The lowest BCUT2D eigenvalue weighted by atomic mass is 10.1. The molecule has 0 aromatic heterocycles. The maximum Gasteiger partial charge on any atom is 0.222 e. The predicted molar refractivity (Wildman–Crippen MR) is 105 cm³/mol. The molecule has 1 aromatic carbocycles. The minimum Gasteiger partial charge on any atom is -0.357 e. The Morgan fingerprint density at radius 2 is 2.16 bits per heavy atom. The summed E-state index contributed by atoms with van der Waals surface area (Å²) in [5.41, 5.74) is 0.317. The van der Waals surface area contributed by atoms with E-state index in [1.807, 2.05) is 6.92 Å². The number of aliphatic imine (C=N–C) groups is 1. The summed E-state index contributed by atoms with van der Waals surface area (Å²) in [6, 6.07) is 3.57. The summed E-state index contributed by atoms with van der Waals surface area (Å²) < 4.78 is 26.8. The molecule has 0 bridgehead atoms. The molecule has 1 unspecified atom stereocenters. The third-order valence-electron chi connectivity index (χ3n) is 3.97. The van der Waals surface area contributed by atoms with Crippen molar-refractivity contribution in [2.75, 3.05) is 26.7 Å². The van der Waals surface area contributed by atoms with Crippen LogP contribution in [0, 0.1) is 11.6 Å². The van der Waals surface area contributed by atoms with Gasteiger partial charge < -0.3 is 15.5 Å². The van der Waals surface area contributed by atoms with Crippen LogP contribution in [0.2, 0.25) is 0 Å². The molecule has 2 rings (SSSR count). The second kappa shape index (κ2) is 10.5. The first-order chi connectivity index (χ1) is 11.5. The van der Waals surface area contributed by atoms with Crippen LogP contribution >= 0.6 is 24.0 Å². The Morgan fingerprint density at radius 3 is 2.84 bits per heavy atom.